The maximum absolute atomic E-state index is 13.4. The molecule has 1 amide bonds. The number of H-pyrrole nitrogens is 1. The van der Waals surface area contributed by atoms with Crippen molar-refractivity contribution in [3.05, 3.63) is 53.3 Å². The summed E-state index contributed by atoms with van der Waals surface area (Å²) in [5.74, 6) is 2.26. The summed E-state index contributed by atoms with van der Waals surface area (Å²) in [6, 6.07) is 5.90. The molecule has 11 heteroatoms. The quantitative estimate of drug-likeness (QED) is 0.285. The third-order valence-electron chi connectivity index (χ3n) is 6.35. The number of nitrogens with two attached hydrogens (primary N) is 1. The number of rotatable bonds is 8. The molecule has 0 bridgehead atoms. The van der Waals surface area contributed by atoms with Crippen LogP contribution in [0.5, 0.6) is 0 Å². The van der Waals surface area contributed by atoms with Crippen molar-refractivity contribution in [2.45, 2.75) is 51.0 Å². The molecule has 1 aliphatic carbocycles. The molecular weight excluding hydrogens is 450 g/mol. The Morgan fingerprint density at radius 2 is 2.26 bits per heavy atom. The summed E-state index contributed by atoms with van der Waals surface area (Å²) in [7, 11) is 0. The lowest BCUT2D eigenvalue weighted by atomic mass is 9.98. The van der Waals surface area contributed by atoms with Crippen LogP contribution in [-0.4, -0.2) is 42.8 Å². The fraction of sp³-hybridized carbons (Fsp3) is 0.391. The zero-order valence-corrected chi connectivity index (χ0v) is 20.2. The van der Waals surface area contributed by atoms with Gasteiger partial charge in [0.1, 0.15) is 11.1 Å². The van der Waals surface area contributed by atoms with Crippen LogP contribution in [0.1, 0.15) is 51.1 Å². The highest BCUT2D eigenvalue weighted by atomic mass is 32.2. The molecule has 1 atom stereocenters. The van der Waals surface area contributed by atoms with E-state index in [0.717, 1.165) is 35.2 Å². The van der Waals surface area contributed by atoms with Crippen molar-refractivity contribution in [2.75, 3.05) is 16.8 Å². The molecule has 3 aromatic heterocycles. The van der Waals surface area contributed by atoms with E-state index in [2.05, 4.69) is 27.4 Å². The van der Waals surface area contributed by atoms with Crippen LogP contribution < -0.4 is 20.7 Å². The summed E-state index contributed by atoms with van der Waals surface area (Å²) in [5, 5.41) is 24.8. The van der Waals surface area contributed by atoms with Crippen LogP contribution in [0, 0.1) is 0 Å². The predicted octanol–water partition coefficient (Wildman–Crippen LogP) is 3.57. The van der Waals surface area contributed by atoms with Gasteiger partial charge in [-0.05, 0) is 69.7 Å². The number of nitrogens with one attached hydrogen (secondary N) is 3. The molecule has 1 aliphatic heterocycles. The summed E-state index contributed by atoms with van der Waals surface area (Å²) in [4.78, 5) is 20.2. The van der Waals surface area contributed by atoms with Gasteiger partial charge in [-0.1, -0.05) is 12.2 Å². The predicted molar refractivity (Wildman–Crippen MR) is 135 cm³/mol. The molecule has 10 nitrogen and oxygen atoms in total. The van der Waals surface area contributed by atoms with E-state index in [0.29, 0.717) is 41.5 Å². The fourth-order valence-electron chi connectivity index (χ4n) is 4.34. The van der Waals surface area contributed by atoms with Crippen molar-refractivity contribution in [3.8, 4) is 0 Å². The van der Waals surface area contributed by atoms with Gasteiger partial charge in [0.2, 0.25) is 11.9 Å². The lowest BCUT2D eigenvalue weighted by molar-refractivity contribution is -0.124. The highest BCUT2D eigenvalue weighted by Gasteiger charge is 2.45. The largest absolute Gasteiger partial charge is 0.325 e. The molecule has 1 saturated carbocycles. The number of hydrogen-bond acceptors (Lipinski definition) is 8. The summed E-state index contributed by atoms with van der Waals surface area (Å²) in [5.41, 5.74) is 1.95. The molecular formula is C23H29N9OS. The average Bonchev–Trinajstić information content (AvgIpc) is 3.18. The minimum Gasteiger partial charge on any atom is -0.325 e. The Balaban J connectivity index is 1.45. The Morgan fingerprint density at radius 3 is 3.00 bits per heavy atom. The van der Waals surface area contributed by atoms with E-state index in [1.807, 2.05) is 43.1 Å². The van der Waals surface area contributed by atoms with E-state index < -0.39 is 5.54 Å². The van der Waals surface area contributed by atoms with Crippen molar-refractivity contribution >= 4 is 41.0 Å². The number of aromatic nitrogens is 5. The first kappa shape index (κ1) is 22.5. The molecule has 2 aliphatic rings. The number of aromatic amines is 1. The molecule has 2 fully saturated rings. The second kappa shape index (κ2) is 8.80. The number of nitrogens with zero attached hydrogens (tertiary/aromatic N) is 5. The van der Waals surface area contributed by atoms with Gasteiger partial charge in [0.05, 0.1) is 5.03 Å². The highest BCUT2D eigenvalue weighted by Crippen LogP contribution is 2.40. The van der Waals surface area contributed by atoms with Crippen LogP contribution in [0.4, 0.5) is 17.6 Å². The molecule has 0 spiro atoms. The lowest BCUT2D eigenvalue weighted by Crippen LogP contribution is -2.54. The minimum atomic E-state index is -0.826. The number of allylic oxidation sites excluding steroid dienone is 2. The first-order chi connectivity index (χ1) is 16.4. The summed E-state index contributed by atoms with van der Waals surface area (Å²) in [6.07, 6.45) is 7.55. The Morgan fingerprint density at radius 1 is 1.44 bits per heavy atom. The van der Waals surface area contributed by atoms with Crippen molar-refractivity contribution < 1.29 is 4.79 Å². The number of carbonyl (C=O) groups excluding carboxylic acids is 1. The standard InChI is InChI=1S/C23H29N9OS/c1-14(2)12-19(34-24)26-21(33)23(3)9-5-10-31(23)22-27-20(17-6-4-11-32(17)30-22)25-18-13-16(28-29-18)15-7-8-15/h4,6,11-13,15H,1,5,7-10,24H2,2-3H3,(H,26,33)(H2,25,27,28,29,30)/b19-12-/t23-/m0/s1. The smallest absolute Gasteiger partial charge is 0.250 e. The lowest BCUT2D eigenvalue weighted by Gasteiger charge is -2.34. The molecule has 178 valence electrons. The molecule has 0 unspecified atom stereocenters. The second-order valence-corrected chi connectivity index (χ2v) is 9.84. The van der Waals surface area contributed by atoms with E-state index >= 15 is 0 Å². The topological polar surface area (TPSA) is 129 Å². The van der Waals surface area contributed by atoms with Crippen LogP contribution in [0.3, 0.4) is 0 Å². The van der Waals surface area contributed by atoms with E-state index in [4.69, 9.17) is 15.2 Å². The monoisotopic (exact) mass is 479 g/mol. The Hall–Kier alpha value is -3.31. The average molecular weight is 480 g/mol. The van der Waals surface area contributed by atoms with Gasteiger partial charge in [-0.25, -0.2) is 4.52 Å². The van der Waals surface area contributed by atoms with E-state index in [-0.39, 0.29) is 5.91 Å². The van der Waals surface area contributed by atoms with Gasteiger partial charge in [-0.15, -0.1) is 5.10 Å². The van der Waals surface area contributed by atoms with Crippen molar-refractivity contribution in [2.24, 2.45) is 5.14 Å². The fourth-order valence-corrected chi connectivity index (χ4v) is 4.77. The Kier molecular flexibility index (Phi) is 5.82. The maximum atomic E-state index is 13.4. The molecule has 3 aromatic rings. The first-order valence-electron chi connectivity index (χ1n) is 11.4. The van der Waals surface area contributed by atoms with Gasteiger partial charge in [-0.3, -0.25) is 15.0 Å². The van der Waals surface area contributed by atoms with E-state index in [1.54, 1.807) is 10.6 Å². The van der Waals surface area contributed by atoms with Gasteiger partial charge in [0, 0.05) is 30.4 Å². The van der Waals surface area contributed by atoms with Crippen molar-refractivity contribution in [3.63, 3.8) is 0 Å². The van der Waals surface area contributed by atoms with Gasteiger partial charge < -0.3 is 15.5 Å². The van der Waals surface area contributed by atoms with Crippen molar-refractivity contribution in [1.82, 2.24) is 30.1 Å². The molecule has 34 heavy (non-hydrogen) atoms. The molecule has 4 heterocycles. The summed E-state index contributed by atoms with van der Waals surface area (Å²) < 4.78 is 1.78. The number of carbonyl (C=O) groups is 1. The Bertz CT molecular complexity index is 1270. The third kappa shape index (κ3) is 4.28. The Labute approximate surface area is 202 Å². The number of anilines is 3. The van der Waals surface area contributed by atoms with Gasteiger partial charge >= 0.3 is 0 Å². The van der Waals surface area contributed by atoms with Gasteiger partial charge in [0.15, 0.2) is 11.6 Å². The number of hydrogen-bond donors (Lipinski definition) is 4. The van der Waals surface area contributed by atoms with Gasteiger partial charge in [0.25, 0.3) is 0 Å². The third-order valence-corrected chi connectivity index (χ3v) is 6.83. The van der Waals surface area contributed by atoms with Crippen molar-refractivity contribution in [1.29, 1.82) is 0 Å². The normalized spacial score (nSPS) is 20.7. The van der Waals surface area contributed by atoms with E-state index in [1.165, 1.54) is 12.8 Å². The first-order valence-corrected chi connectivity index (χ1v) is 12.3. The summed E-state index contributed by atoms with van der Waals surface area (Å²) >= 11 is 0.991. The SMILES string of the molecule is C=C(C)/C=C(/NC(=O)[C@]1(C)CCCN1c1nc(Nc2cc(C3CC3)[nH]n2)c2cccn2n1)SN. The van der Waals surface area contributed by atoms with Crippen LogP contribution in [-0.2, 0) is 4.79 Å². The zero-order valence-electron chi connectivity index (χ0n) is 19.3. The molecule has 5 N–H and O–H groups in total. The van der Waals surface area contributed by atoms with Crippen LogP contribution in [0.2, 0.25) is 0 Å². The van der Waals surface area contributed by atoms with Gasteiger partial charge in [-0.2, -0.15) is 10.1 Å². The van der Waals surface area contributed by atoms with Crippen LogP contribution in [0.25, 0.3) is 5.52 Å². The molecule has 1 saturated heterocycles. The summed E-state index contributed by atoms with van der Waals surface area (Å²) in [6.45, 7) is 8.30. The number of fused-ring (bicyclic) bond motifs is 1. The molecule has 5 rings (SSSR count). The second-order valence-electron chi connectivity index (χ2n) is 9.16. The maximum Gasteiger partial charge on any atom is 0.250 e. The number of amides is 1. The minimum absolute atomic E-state index is 0.150. The molecule has 0 radical (unpaired) electrons. The zero-order chi connectivity index (χ0) is 23.9. The highest BCUT2D eigenvalue weighted by molar-refractivity contribution is 8.00. The van der Waals surface area contributed by atoms with Crippen LogP contribution >= 0.6 is 11.9 Å². The van der Waals surface area contributed by atoms with Crippen LogP contribution in [0.15, 0.2) is 47.7 Å². The molecule has 0 aromatic carbocycles. The van der Waals surface area contributed by atoms with E-state index in [9.17, 15) is 4.79 Å².